The van der Waals surface area contributed by atoms with Crippen LogP contribution in [0, 0.1) is 34.4 Å². The molecule has 150 valence electrons. The van der Waals surface area contributed by atoms with Crippen LogP contribution in [0.2, 0.25) is 0 Å². The number of fused-ring (bicyclic) bond motifs is 2. The Morgan fingerprint density at radius 2 is 2.07 bits per heavy atom. The number of nitrogens with one attached hydrogen (secondary N) is 1. The molecule has 2 heterocycles. The molecule has 0 atom stereocenters. The molecule has 0 bridgehead atoms. The lowest BCUT2D eigenvalue weighted by molar-refractivity contribution is 0.133. The maximum atomic E-state index is 14.7. The van der Waals surface area contributed by atoms with Gasteiger partial charge in [-0.15, -0.1) is 0 Å². The zero-order valence-corrected chi connectivity index (χ0v) is 16.6. The number of aromatic amines is 1. The predicted octanol–water partition coefficient (Wildman–Crippen LogP) is 3.63. The van der Waals surface area contributed by atoms with Crippen molar-refractivity contribution in [3.8, 4) is 17.9 Å². The molecule has 4 rings (SSSR count). The highest BCUT2D eigenvalue weighted by Crippen LogP contribution is 2.35. The number of hydrogen-bond donors (Lipinski definition) is 1. The molecule has 0 saturated carbocycles. The van der Waals surface area contributed by atoms with Gasteiger partial charge in [0.25, 0.3) is 0 Å². The molecule has 0 radical (unpaired) electrons. The van der Waals surface area contributed by atoms with Gasteiger partial charge in [-0.3, -0.25) is 0 Å². The zero-order valence-electron chi connectivity index (χ0n) is 16.6. The van der Waals surface area contributed by atoms with Gasteiger partial charge < -0.3 is 14.6 Å². The average Bonchev–Trinajstić information content (AvgIpc) is 2.94. The van der Waals surface area contributed by atoms with Gasteiger partial charge in [0.15, 0.2) is 5.82 Å². The van der Waals surface area contributed by atoms with Crippen LogP contribution in [0.15, 0.2) is 41.2 Å². The minimum atomic E-state index is -0.790. The zero-order chi connectivity index (χ0) is 21.3. The fraction of sp³-hybridized carbons (Fsp3) is 0.261. The van der Waals surface area contributed by atoms with E-state index in [0.717, 1.165) is 16.8 Å². The lowest BCUT2D eigenvalue weighted by Gasteiger charge is -2.24. The molecule has 1 aromatic heterocycles. The number of aromatic nitrogens is 2. The van der Waals surface area contributed by atoms with Gasteiger partial charge in [0.1, 0.15) is 11.2 Å². The van der Waals surface area contributed by atoms with Crippen molar-refractivity contribution >= 4 is 22.4 Å². The van der Waals surface area contributed by atoms with E-state index in [1.54, 1.807) is 30.9 Å². The van der Waals surface area contributed by atoms with Crippen LogP contribution >= 0.6 is 0 Å². The number of nitriles is 1. The fourth-order valence-corrected chi connectivity index (χ4v) is 3.36. The van der Waals surface area contributed by atoms with Crippen LogP contribution in [0.25, 0.3) is 10.9 Å². The molecule has 3 aromatic rings. The first-order chi connectivity index (χ1) is 14.4. The Balaban J connectivity index is 1.93. The van der Waals surface area contributed by atoms with Crippen LogP contribution in [-0.4, -0.2) is 23.1 Å². The number of benzene rings is 2. The summed E-state index contributed by atoms with van der Waals surface area (Å²) in [5.74, 6) is 5.83. The summed E-state index contributed by atoms with van der Waals surface area (Å²) in [6, 6.07) is 12.3. The maximum Gasteiger partial charge on any atom is 0.347 e. The molecule has 0 amide bonds. The largest absolute Gasteiger partial charge is 0.375 e. The van der Waals surface area contributed by atoms with E-state index in [1.807, 2.05) is 18.2 Å². The number of anilines is 2. The standard InChI is InChI=1S/C23H19FN4O2/c1-23(2,14-25)10-9-15-5-3-8-19-16(15)13-30-12-11-28(19)21-20-17(24)6-4-7-18(20)26-22(29)27-21/h3-8H,11-13H2,1-2H3,(H,26,27,29). The van der Waals surface area contributed by atoms with Crippen molar-refractivity contribution in [2.45, 2.75) is 20.5 Å². The Bertz CT molecular complexity index is 1290. The Morgan fingerprint density at radius 3 is 2.87 bits per heavy atom. The van der Waals surface area contributed by atoms with Crippen LogP contribution in [0.4, 0.5) is 15.9 Å². The second-order valence-corrected chi connectivity index (χ2v) is 7.52. The van der Waals surface area contributed by atoms with Crippen LogP contribution in [0.5, 0.6) is 0 Å². The van der Waals surface area contributed by atoms with Gasteiger partial charge in [-0.2, -0.15) is 10.2 Å². The smallest absolute Gasteiger partial charge is 0.347 e. The first-order valence-corrected chi connectivity index (χ1v) is 9.50. The number of ether oxygens (including phenoxy) is 1. The first kappa shape index (κ1) is 19.6. The third-order valence-electron chi connectivity index (χ3n) is 4.88. The SMILES string of the molecule is CC(C)(C#N)C#Cc1cccc2c1COCCN2c1nc(=O)[nH]c2cccc(F)c12. The lowest BCUT2D eigenvalue weighted by atomic mass is 9.95. The van der Waals surface area contributed by atoms with Crippen LogP contribution in [0.1, 0.15) is 25.0 Å². The van der Waals surface area contributed by atoms with Crippen LogP contribution in [0.3, 0.4) is 0 Å². The molecule has 0 fully saturated rings. The van der Waals surface area contributed by atoms with Gasteiger partial charge in [-0.25, -0.2) is 9.18 Å². The van der Waals surface area contributed by atoms with E-state index in [0.29, 0.717) is 25.3 Å². The predicted molar refractivity (Wildman–Crippen MR) is 112 cm³/mol. The van der Waals surface area contributed by atoms with Crippen molar-refractivity contribution in [3.63, 3.8) is 0 Å². The number of H-pyrrole nitrogens is 1. The average molecular weight is 402 g/mol. The summed E-state index contributed by atoms with van der Waals surface area (Å²) in [6.45, 7) is 4.58. The molecule has 1 N–H and O–H groups in total. The van der Waals surface area contributed by atoms with Crippen LogP contribution in [-0.2, 0) is 11.3 Å². The van der Waals surface area contributed by atoms with Gasteiger partial charge in [0, 0.05) is 23.4 Å². The first-order valence-electron chi connectivity index (χ1n) is 9.50. The molecule has 0 spiro atoms. The van der Waals surface area contributed by atoms with E-state index >= 15 is 0 Å². The van der Waals surface area contributed by atoms with Crippen molar-refractivity contribution in [3.05, 3.63) is 63.8 Å². The normalized spacial score (nSPS) is 13.7. The van der Waals surface area contributed by atoms with Gasteiger partial charge in [-0.05, 0) is 38.1 Å². The van der Waals surface area contributed by atoms with Gasteiger partial charge in [0.2, 0.25) is 0 Å². The molecular formula is C23H19FN4O2. The van der Waals surface area contributed by atoms with Crippen LogP contribution < -0.4 is 10.6 Å². The van der Waals surface area contributed by atoms with Gasteiger partial charge >= 0.3 is 5.69 Å². The molecule has 30 heavy (non-hydrogen) atoms. The highest BCUT2D eigenvalue weighted by Gasteiger charge is 2.24. The molecule has 0 aliphatic carbocycles. The quantitative estimate of drug-likeness (QED) is 0.629. The van der Waals surface area contributed by atoms with E-state index in [-0.39, 0.29) is 11.2 Å². The van der Waals surface area contributed by atoms with Crippen molar-refractivity contribution in [2.75, 3.05) is 18.1 Å². The molecule has 0 saturated heterocycles. The van der Waals surface area contributed by atoms with E-state index in [2.05, 4.69) is 27.9 Å². The minimum absolute atomic E-state index is 0.237. The Kier molecular flexibility index (Phi) is 4.99. The second kappa shape index (κ2) is 7.62. The summed E-state index contributed by atoms with van der Waals surface area (Å²) < 4.78 is 20.5. The maximum absolute atomic E-state index is 14.7. The third kappa shape index (κ3) is 3.63. The van der Waals surface area contributed by atoms with Crippen molar-refractivity contribution in [1.82, 2.24) is 9.97 Å². The van der Waals surface area contributed by atoms with E-state index < -0.39 is 16.9 Å². The van der Waals surface area contributed by atoms with Crippen molar-refractivity contribution < 1.29 is 9.13 Å². The Morgan fingerprint density at radius 1 is 1.27 bits per heavy atom. The number of hydrogen-bond acceptors (Lipinski definition) is 5. The molecule has 1 aliphatic rings. The summed E-state index contributed by atoms with van der Waals surface area (Å²) in [5, 5.41) is 9.48. The summed E-state index contributed by atoms with van der Waals surface area (Å²) >= 11 is 0. The molecular weight excluding hydrogens is 383 g/mol. The summed E-state index contributed by atoms with van der Waals surface area (Å²) in [5.41, 5.74) is 1.31. The molecule has 6 nitrogen and oxygen atoms in total. The van der Waals surface area contributed by atoms with E-state index in [9.17, 15) is 14.4 Å². The number of rotatable bonds is 1. The van der Waals surface area contributed by atoms with Gasteiger partial charge in [0.05, 0.1) is 30.2 Å². The van der Waals surface area contributed by atoms with E-state index in [1.165, 1.54) is 6.07 Å². The van der Waals surface area contributed by atoms with Gasteiger partial charge in [-0.1, -0.05) is 24.0 Å². The topological polar surface area (TPSA) is 82.0 Å². The molecule has 2 aromatic carbocycles. The van der Waals surface area contributed by atoms with Crippen molar-refractivity contribution in [2.24, 2.45) is 5.41 Å². The fourth-order valence-electron chi connectivity index (χ4n) is 3.36. The third-order valence-corrected chi connectivity index (χ3v) is 4.88. The molecule has 1 aliphatic heterocycles. The highest BCUT2D eigenvalue weighted by atomic mass is 19.1. The highest BCUT2D eigenvalue weighted by molar-refractivity contribution is 5.92. The Labute approximate surface area is 172 Å². The van der Waals surface area contributed by atoms with E-state index in [4.69, 9.17) is 4.74 Å². The second-order valence-electron chi connectivity index (χ2n) is 7.52. The number of halogens is 1. The molecule has 7 heteroatoms. The Hall–Kier alpha value is -3.68. The lowest BCUT2D eigenvalue weighted by Crippen LogP contribution is -2.25. The minimum Gasteiger partial charge on any atom is -0.375 e. The molecule has 0 unspecified atom stereocenters. The van der Waals surface area contributed by atoms with Crippen molar-refractivity contribution in [1.29, 1.82) is 5.26 Å². The summed E-state index contributed by atoms with van der Waals surface area (Å²) in [7, 11) is 0. The summed E-state index contributed by atoms with van der Waals surface area (Å²) in [4.78, 5) is 20.6. The monoisotopic (exact) mass is 402 g/mol. The number of nitrogens with zero attached hydrogens (tertiary/aromatic N) is 3. The summed E-state index contributed by atoms with van der Waals surface area (Å²) in [6.07, 6.45) is 0.